The van der Waals surface area contributed by atoms with Crippen LogP contribution < -0.4 is 0 Å². The summed E-state index contributed by atoms with van der Waals surface area (Å²) in [5.74, 6) is 0. The van der Waals surface area contributed by atoms with Crippen LogP contribution in [0.25, 0.3) is 0 Å². The van der Waals surface area contributed by atoms with Gasteiger partial charge in [-0.05, 0) is 25.1 Å². The number of hydrogen-bond acceptors (Lipinski definition) is 5. The fraction of sp³-hybridized carbons (Fsp3) is 0.222. The SMILES string of the molecule is C/C(=N\O)c1cc(Cl)ccc1C(F)(F)F.N=S(=O)=O. The molecule has 0 atom stereocenters. The highest BCUT2D eigenvalue weighted by molar-refractivity contribution is 7.60. The Balaban J connectivity index is 0.000000711. The minimum atomic E-state index is -4.49. The van der Waals surface area contributed by atoms with E-state index in [0.29, 0.717) is 0 Å². The maximum atomic E-state index is 12.5. The Kier molecular flexibility index (Phi) is 6.49. The summed E-state index contributed by atoms with van der Waals surface area (Å²) in [6, 6.07) is 3.10. The standard InChI is InChI=1S/C9H7ClF3NO.HNO2S/c1-5(14-15)7-4-6(10)2-3-8(7)9(11,12)13;1-4(2)3/h2-4,15H,1H3;1H/b14-5+;. The van der Waals surface area contributed by atoms with Gasteiger partial charge in [-0.3, -0.25) is 0 Å². The average molecular weight is 317 g/mol. The summed E-state index contributed by atoms with van der Waals surface area (Å²) < 4.78 is 60.3. The lowest BCUT2D eigenvalue weighted by atomic mass is 10.0. The van der Waals surface area contributed by atoms with E-state index in [9.17, 15) is 13.2 Å². The number of benzene rings is 1. The van der Waals surface area contributed by atoms with Gasteiger partial charge in [0.05, 0.1) is 11.3 Å². The van der Waals surface area contributed by atoms with Crippen molar-refractivity contribution in [3.05, 3.63) is 34.3 Å². The molecule has 0 fully saturated rings. The van der Waals surface area contributed by atoms with Crippen LogP contribution in [0.5, 0.6) is 0 Å². The molecule has 0 amide bonds. The topological polar surface area (TPSA) is 90.6 Å². The van der Waals surface area contributed by atoms with Crippen molar-refractivity contribution < 1.29 is 26.8 Å². The highest BCUT2D eigenvalue weighted by Gasteiger charge is 2.34. The maximum Gasteiger partial charge on any atom is 0.417 e. The van der Waals surface area contributed by atoms with Gasteiger partial charge in [-0.2, -0.15) is 26.4 Å². The molecule has 1 aromatic rings. The summed E-state index contributed by atoms with van der Waals surface area (Å²) in [4.78, 5) is 0. The molecular weight excluding hydrogens is 309 g/mol. The highest BCUT2D eigenvalue weighted by Crippen LogP contribution is 2.33. The number of rotatable bonds is 1. The lowest BCUT2D eigenvalue weighted by molar-refractivity contribution is -0.137. The average Bonchev–Trinajstić information content (AvgIpc) is 2.25. The van der Waals surface area contributed by atoms with E-state index in [2.05, 4.69) is 5.16 Å². The number of halogens is 4. The number of alkyl halides is 3. The third-order valence-corrected chi connectivity index (χ3v) is 2.06. The zero-order valence-corrected chi connectivity index (χ0v) is 10.9. The Morgan fingerprint density at radius 2 is 1.89 bits per heavy atom. The molecule has 0 saturated heterocycles. The van der Waals surface area contributed by atoms with E-state index in [4.69, 9.17) is 30.0 Å². The molecule has 0 unspecified atom stereocenters. The zero-order chi connectivity index (χ0) is 15.2. The summed E-state index contributed by atoms with van der Waals surface area (Å²) >= 11 is 5.56. The predicted octanol–water partition coefficient (Wildman–Crippen LogP) is 3.18. The smallest absolute Gasteiger partial charge is 0.411 e. The van der Waals surface area contributed by atoms with E-state index >= 15 is 0 Å². The summed E-state index contributed by atoms with van der Waals surface area (Å²) in [5, 5.41) is 11.3. The van der Waals surface area contributed by atoms with Crippen LogP contribution in [-0.2, 0) is 16.7 Å². The van der Waals surface area contributed by atoms with Gasteiger partial charge in [0.25, 0.3) is 0 Å². The normalized spacial score (nSPS) is 11.5. The van der Waals surface area contributed by atoms with Gasteiger partial charge in [-0.1, -0.05) is 16.8 Å². The number of hydrogen-bond donors (Lipinski definition) is 2. The van der Waals surface area contributed by atoms with Crippen LogP contribution in [0.2, 0.25) is 5.02 Å². The first-order valence-electron chi connectivity index (χ1n) is 4.46. The maximum absolute atomic E-state index is 12.5. The van der Waals surface area contributed by atoms with Gasteiger partial charge in [-0.15, -0.1) is 0 Å². The van der Waals surface area contributed by atoms with Gasteiger partial charge >= 0.3 is 16.7 Å². The predicted molar refractivity (Wildman–Crippen MR) is 62.1 cm³/mol. The third kappa shape index (κ3) is 6.20. The van der Waals surface area contributed by atoms with Crippen molar-refractivity contribution in [2.45, 2.75) is 13.1 Å². The van der Waals surface area contributed by atoms with Gasteiger partial charge in [0.15, 0.2) is 0 Å². The first kappa shape index (κ1) is 17.4. The van der Waals surface area contributed by atoms with Crippen molar-refractivity contribution in [2.75, 3.05) is 0 Å². The first-order chi connectivity index (χ1) is 8.59. The minimum absolute atomic E-state index is 0.134. The molecular formula is C9H8ClF3N2O3S. The van der Waals surface area contributed by atoms with Crippen LogP contribution in [0.4, 0.5) is 13.2 Å². The molecule has 1 aromatic carbocycles. The van der Waals surface area contributed by atoms with Gasteiger partial charge in [0, 0.05) is 10.6 Å². The molecule has 0 heterocycles. The van der Waals surface area contributed by atoms with Crippen LogP contribution in [0.3, 0.4) is 0 Å². The van der Waals surface area contributed by atoms with Crippen LogP contribution in [0.1, 0.15) is 18.1 Å². The minimum Gasteiger partial charge on any atom is -0.411 e. The van der Waals surface area contributed by atoms with E-state index in [0.717, 1.165) is 18.2 Å². The lowest BCUT2D eigenvalue weighted by Crippen LogP contribution is -2.12. The molecule has 0 aliphatic rings. The van der Waals surface area contributed by atoms with E-state index in [1.807, 2.05) is 0 Å². The largest absolute Gasteiger partial charge is 0.417 e. The fourth-order valence-corrected chi connectivity index (χ4v) is 1.29. The highest BCUT2D eigenvalue weighted by atomic mass is 35.5. The molecule has 0 bridgehead atoms. The Labute approximate surface area is 112 Å². The van der Waals surface area contributed by atoms with Crippen molar-refractivity contribution in [2.24, 2.45) is 5.16 Å². The molecule has 5 nitrogen and oxygen atoms in total. The van der Waals surface area contributed by atoms with Gasteiger partial charge in [0.2, 0.25) is 0 Å². The Bertz CT molecular complexity index is 577. The van der Waals surface area contributed by atoms with Crippen molar-refractivity contribution in [3.8, 4) is 0 Å². The van der Waals surface area contributed by atoms with Gasteiger partial charge in [0.1, 0.15) is 0 Å². The van der Waals surface area contributed by atoms with Crippen molar-refractivity contribution in [1.29, 1.82) is 4.78 Å². The number of nitrogens with one attached hydrogen (secondary N) is 1. The monoisotopic (exact) mass is 316 g/mol. The summed E-state index contributed by atoms with van der Waals surface area (Å²) in [7, 11) is -2.61. The van der Waals surface area contributed by atoms with Gasteiger partial charge in [-0.25, -0.2) is 0 Å². The molecule has 0 saturated carbocycles. The third-order valence-electron chi connectivity index (χ3n) is 1.83. The van der Waals surface area contributed by atoms with E-state index in [-0.39, 0.29) is 16.3 Å². The summed E-state index contributed by atoms with van der Waals surface area (Å²) in [6.45, 7) is 1.26. The molecule has 2 N–H and O–H groups in total. The van der Waals surface area contributed by atoms with Crippen LogP contribution in [-0.4, -0.2) is 19.3 Å². The van der Waals surface area contributed by atoms with Crippen LogP contribution in [0.15, 0.2) is 23.4 Å². The molecule has 10 heteroatoms. The second-order valence-electron chi connectivity index (χ2n) is 3.11. The van der Waals surface area contributed by atoms with Crippen molar-refractivity contribution >= 4 is 27.8 Å². The number of nitrogens with zero attached hydrogens (tertiary/aromatic N) is 1. The summed E-state index contributed by atoms with van der Waals surface area (Å²) in [6.07, 6.45) is -4.49. The second kappa shape index (κ2) is 7.10. The van der Waals surface area contributed by atoms with Crippen molar-refractivity contribution in [3.63, 3.8) is 0 Å². The Hall–Kier alpha value is -1.61. The van der Waals surface area contributed by atoms with Gasteiger partial charge < -0.3 is 5.21 Å². The fourth-order valence-electron chi connectivity index (χ4n) is 1.12. The van der Waals surface area contributed by atoms with Crippen LogP contribution >= 0.6 is 11.6 Å². The zero-order valence-electron chi connectivity index (χ0n) is 9.36. The molecule has 0 spiro atoms. The molecule has 0 aliphatic heterocycles. The summed E-state index contributed by atoms with van der Waals surface area (Å²) in [5.41, 5.74) is -1.23. The van der Waals surface area contributed by atoms with E-state index in [1.165, 1.54) is 6.92 Å². The molecule has 0 aromatic heterocycles. The molecule has 106 valence electrons. The molecule has 0 aliphatic carbocycles. The van der Waals surface area contributed by atoms with Crippen LogP contribution in [0, 0.1) is 4.78 Å². The molecule has 19 heavy (non-hydrogen) atoms. The Morgan fingerprint density at radius 1 is 1.42 bits per heavy atom. The first-order valence-corrected chi connectivity index (χ1v) is 5.91. The number of oxime groups is 1. The molecule has 0 radical (unpaired) electrons. The van der Waals surface area contributed by atoms with Crippen molar-refractivity contribution in [1.82, 2.24) is 0 Å². The quantitative estimate of drug-likeness (QED) is 0.473. The lowest BCUT2D eigenvalue weighted by Gasteiger charge is -2.11. The van der Waals surface area contributed by atoms with E-state index < -0.39 is 22.2 Å². The molecule has 1 rings (SSSR count). The second-order valence-corrected chi connectivity index (χ2v) is 4.01. The van der Waals surface area contributed by atoms with E-state index in [1.54, 1.807) is 0 Å². The Morgan fingerprint density at radius 3 is 2.26 bits per heavy atom.